The molecule has 2 aromatic carbocycles. The average molecular weight is 475 g/mol. The molecule has 3 aromatic rings. The average Bonchev–Trinajstić information content (AvgIpc) is 3.26. The van der Waals surface area contributed by atoms with Crippen molar-refractivity contribution in [2.45, 2.75) is 32.1 Å². The fourth-order valence-corrected chi connectivity index (χ4v) is 4.08. The van der Waals surface area contributed by atoms with E-state index in [1.54, 1.807) is 24.6 Å². The van der Waals surface area contributed by atoms with E-state index in [9.17, 15) is 18.4 Å². The number of ether oxygens (including phenoxy) is 1. The lowest BCUT2D eigenvalue weighted by Gasteiger charge is -2.22. The molecule has 4 N–H and O–H groups in total. The standard InChI is InChI=1S/C23H24F2N4O3S/c1-32-15-9-7-14(8-10-15)19-13-33-23(28-19)29(20-12-17(25)16(24)11-18(20)26)22(31)6-4-2-3-5-21(27)30/h7-13H,2-6,26H2,1H3,(H2,27,30). The molecule has 0 aliphatic heterocycles. The number of unbranched alkanes of at least 4 members (excludes halogenated alkanes) is 2. The van der Waals surface area contributed by atoms with Gasteiger partial charge >= 0.3 is 0 Å². The van der Waals surface area contributed by atoms with E-state index in [0.717, 1.165) is 17.7 Å². The number of nitrogens with two attached hydrogens (primary N) is 2. The Balaban J connectivity index is 1.89. The minimum absolute atomic E-state index is 0.0201. The van der Waals surface area contributed by atoms with Crippen molar-refractivity contribution >= 4 is 39.7 Å². The molecular formula is C23H24F2N4O3S. The maximum atomic E-state index is 14.0. The van der Waals surface area contributed by atoms with Gasteiger partial charge in [-0.15, -0.1) is 11.3 Å². The Bertz CT molecular complexity index is 1140. The largest absolute Gasteiger partial charge is 0.497 e. The third-order valence-electron chi connectivity index (χ3n) is 4.94. The molecule has 7 nitrogen and oxygen atoms in total. The zero-order valence-corrected chi connectivity index (χ0v) is 18.8. The number of nitrogens with zero attached hydrogens (tertiary/aromatic N) is 2. The number of anilines is 3. The molecule has 33 heavy (non-hydrogen) atoms. The first kappa shape index (κ1) is 24.1. The molecule has 10 heteroatoms. The monoisotopic (exact) mass is 474 g/mol. The van der Waals surface area contributed by atoms with Crippen molar-refractivity contribution < 1.29 is 23.1 Å². The van der Waals surface area contributed by atoms with Crippen molar-refractivity contribution in [2.24, 2.45) is 5.73 Å². The zero-order valence-electron chi connectivity index (χ0n) is 18.0. The van der Waals surface area contributed by atoms with Crippen molar-refractivity contribution in [2.75, 3.05) is 17.7 Å². The second-order valence-electron chi connectivity index (χ2n) is 7.33. The molecule has 0 unspecified atom stereocenters. The molecule has 174 valence electrons. The molecule has 0 saturated heterocycles. The van der Waals surface area contributed by atoms with Crippen molar-refractivity contribution in [3.63, 3.8) is 0 Å². The summed E-state index contributed by atoms with van der Waals surface area (Å²) in [5, 5.41) is 2.04. The highest BCUT2D eigenvalue weighted by Crippen LogP contribution is 2.37. The van der Waals surface area contributed by atoms with Gasteiger partial charge in [0.2, 0.25) is 11.8 Å². The smallest absolute Gasteiger partial charge is 0.233 e. The molecule has 0 radical (unpaired) electrons. The van der Waals surface area contributed by atoms with Gasteiger partial charge < -0.3 is 16.2 Å². The van der Waals surface area contributed by atoms with Crippen molar-refractivity contribution in [1.29, 1.82) is 0 Å². The molecule has 1 heterocycles. The summed E-state index contributed by atoms with van der Waals surface area (Å²) in [6.07, 6.45) is 2.02. The van der Waals surface area contributed by atoms with E-state index < -0.39 is 17.5 Å². The lowest BCUT2D eigenvalue weighted by molar-refractivity contribution is -0.118. The highest BCUT2D eigenvalue weighted by atomic mass is 32.1. The van der Waals surface area contributed by atoms with E-state index in [-0.39, 0.29) is 35.3 Å². The molecule has 0 aliphatic rings. The number of primary amides is 1. The van der Waals surface area contributed by atoms with Crippen LogP contribution in [0.15, 0.2) is 41.8 Å². The van der Waals surface area contributed by atoms with Gasteiger partial charge in [-0.1, -0.05) is 6.42 Å². The summed E-state index contributed by atoms with van der Waals surface area (Å²) in [6.45, 7) is 0. The van der Waals surface area contributed by atoms with Crippen LogP contribution < -0.4 is 21.1 Å². The van der Waals surface area contributed by atoms with Gasteiger partial charge in [0.15, 0.2) is 16.8 Å². The van der Waals surface area contributed by atoms with Crippen LogP contribution in [0.1, 0.15) is 32.1 Å². The van der Waals surface area contributed by atoms with Crippen molar-refractivity contribution in [1.82, 2.24) is 4.98 Å². The number of benzene rings is 2. The van der Waals surface area contributed by atoms with Crippen molar-refractivity contribution in [3.05, 3.63) is 53.4 Å². The third kappa shape index (κ3) is 6.04. The number of thiazole rings is 1. The van der Waals surface area contributed by atoms with Crippen LogP contribution in [0.25, 0.3) is 11.3 Å². The zero-order chi connectivity index (χ0) is 24.0. The maximum Gasteiger partial charge on any atom is 0.233 e. The molecule has 0 atom stereocenters. The van der Waals surface area contributed by atoms with Crippen LogP contribution in [0.2, 0.25) is 0 Å². The minimum atomic E-state index is -1.12. The Labute approximate surface area is 194 Å². The van der Waals surface area contributed by atoms with Crippen LogP contribution in [0.4, 0.5) is 25.3 Å². The number of hydrogen-bond donors (Lipinski definition) is 2. The first-order valence-electron chi connectivity index (χ1n) is 10.3. The number of carbonyl (C=O) groups excluding carboxylic acids is 2. The van der Waals surface area contributed by atoms with Gasteiger partial charge in [0.05, 0.1) is 24.2 Å². The lowest BCUT2D eigenvalue weighted by atomic mass is 10.1. The van der Waals surface area contributed by atoms with E-state index in [1.807, 2.05) is 12.1 Å². The lowest BCUT2D eigenvalue weighted by Crippen LogP contribution is -2.26. The first-order valence-corrected chi connectivity index (χ1v) is 11.1. The van der Waals surface area contributed by atoms with Crippen LogP contribution >= 0.6 is 11.3 Å². The molecule has 3 rings (SSSR count). The summed E-state index contributed by atoms with van der Waals surface area (Å²) in [6, 6.07) is 8.97. The summed E-state index contributed by atoms with van der Waals surface area (Å²) in [4.78, 5) is 29.8. The maximum absolute atomic E-state index is 14.0. The molecule has 2 amide bonds. The van der Waals surface area contributed by atoms with Gasteiger partial charge in [-0.2, -0.15) is 0 Å². The Morgan fingerprint density at radius 2 is 1.73 bits per heavy atom. The highest BCUT2D eigenvalue weighted by Gasteiger charge is 2.25. The molecular weight excluding hydrogens is 450 g/mol. The molecule has 1 aromatic heterocycles. The van der Waals surface area contributed by atoms with Crippen LogP contribution in [-0.2, 0) is 9.59 Å². The second kappa shape index (κ2) is 10.9. The van der Waals surface area contributed by atoms with E-state index in [2.05, 4.69) is 4.98 Å². The number of halogens is 2. The molecule has 0 spiro atoms. The van der Waals surface area contributed by atoms with Crippen LogP contribution in [0, 0.1) is 11.6 Å². The fourth-order valence-electron chi connectivity index (χ4n) is 3.21. The Morgan fingerprint density at radius 1 is 1.06 bits per heavy atom. The molecule has 0 bridgehead atoms. The third-order valence-corrected chi connectivity index (χ3v) is 5.77. The van der Waals surface area contributed by atoms with Gasteiger partial charge in [0, 0.05) is 35.9 Å². The predicted octanol–water partition coefficient (Wildman–Crippen LogP) is 4.78. The van der Waals surface area contributed by atoms with Gasteiger partial charge in [-0.05, 0) is 37.1 Å². The Hall–Kier alpha value is -3.53. The number of carbonyl (C=O) groups is 2. The minimum Gasteiger partial charge on any atom is -0.497 e. The summed E-state index contributed by atoms with van der Waals surface area (Å²) in [5.74, 6) is -2.30. The summed E-state index contributed by atoms with van der Waals surface area (Å²) < 4.78 is 32.8. The normalized spacial score (nSPS) is 10.8. The number of hydrogen-bond acceptors (Lipinski definition) is 6. The molecule has 0 aliphatic carbocycles. The Kier molecular flexibility index (Phi) is 7.94. The van der Waals surface area contributed by atoms with E-state index >= 15 is 0 Å². The number of amides is 2. The fraction of sp³-hybridized carbons (Fsp3) is 0.261. The van der Waals surface area contributed by atoms with Crippen LogP contribution in [0.5, 0.6) is 5.75 Å². The number of aromatic nitrogens is 1. The van der Waals surface area contributed by atoms with Gasteiger partial charge in [-0.3, -0.25) is 14.5 Å². The van der Waals surface area contributed by atoms with Gasteiger partial charge in [0.25, 0.3) is 0 Å². The van der Waals surface area contributed by atoms with E-state index in [4.69, 9.17) is 16.2 Å². The SMILES string of the molecule is COc1ccc(-c2csc(N(C(=O)CCCCCC(N)=O)c3cc(F)c(F)cc3N)n2)cc1. The molecule has 0 fully saturated rings. The number of nitrogen functional groups attached to an aromatic ring is 1. The van der Waals surface area contributed by atoms with Crippen molar-refractivity contribution in [3.8, 4) is 17.0 Å². The first-order chi connectivity index (χ1) is 15.8. The summed E-state index contributed by atoms with van der Waals surface area (Å²) >= 11 is 1.18. The predicted molar refractivity (Wildman–Crippen MR) is 124 cm³/mol. The quantitative estimate of drug-likeness (QED) is 0.324. The highest BCUT2D eigenvalue weighted by molar-refractivity contribution is 7.14. The topological polar surface area (TPSA) is 112 Å². The number of rotatable bonds is 10. The van der Waals surface area contributed by atoms with E-state index in [1.165, 1.54) is 16.2 Å². The van der Waals surface area contributed by atoms with Crippen LogP contribution in [0.3, 0.4) is 0 Å². The molecule has 0 saturated carbocycles. The summed E-state index contributed by atoms with van der Waals surface area (Å²) in [5.41, 5.74) is 12.4. The number of methoxy groups -OCH3 is 1. The van der Waals surface area contributed by atoms with Crippen LogP contribution in [-0.4, -0.2) is 23.9 Å². The summed E-state index contributed by atoms with van der Waals surface area (Å²) in [7, 11) is 1.57. The second-order valence-corrected chi connectivity index (χ2v) is 8.16. The van der Waals surface area contributed by atoms with E-state index in [0.29, 0.717) is 30.7 Å². The van der Waals surface area contributed by atoms with Gasteiger partial charge in [-0.25, -0.2) is 13.8 Å². The Morgan fingerprint density at radius 3 is 2.39 bits per heavy atom. The van der Waals surface area contributed by atoms with Gasteiger partial charge in [0.1, 0.15) is 5.75 Å².